The third-order valence-corrected chi connectivity index (χ3v) is 3.83. The molecular formula is C15H19N5O. The third-order valence-electron chi connectivity index (χ3n) is 3.83. The van der Waals surface area contributed by atoms with Crippen molar-refractivity contribution in [1.82, 2.24) is 19.7 Å². The van der Waals surface area contributed by atoms with Crippen molar-refractivity contribution in [1.29, 1.82) is 0 Å². The highest BCUT2D eigenvalue weighted by molar-refractivity contribution is 6.03. The van der Waals surface area contributed by atoms with Gasteiger partial charge in [-0.2, -0.15) is 5.10 Å². The molecule has 3 rings (SSSR count). The van der Waals surface area contributed by atoms with E-state index >= 15 is 0 Å². The van der Waals surface area contributed by atoms with Crippen LogP contribution in [0.3, 0.4) is 0 Å². The predicted octanol–water partition coefficient (Wildman–Crippen LogP) is 2.51. The van der Waals surface area contributed by atoms with Crippen LogP contribution in [0.4, 0.5) is 5.82 Å². The minimum atomic E-state index is -0.209. The molecule has 0 saturated heterocycles. The average molecular weight is 285 g/mol. The molecule has 1 N–H and O–H groups in total. The zero-order chi connectivity index (χ0) is 15.0. The molecule has 2 heterocycles. The molecule has 2 aromatic rings. The highest BCUT2D eigenvalue weighted by Crippen LogP contribution is 2.40. The predicted molar refractivity (Wildman–Crippen MR) is 79.1 cm³/mol. The second-order valence-corrected chi connectivity index (χ2v) is 5.67. The zero-order valence-corrected chi connectivity index (χ0v) is 12.5. The fourth-order valence-electron chi connectivity index (χ4n) is 2.40. The van der Waals surface area contributed by atoms with Crippen LogP contribution < -0.4 is 5.32 Å². The molecule has 6 heteroatoms. The summed E-state index contributed by atoms with van der Waals surface area (Å²) in [6, 6.07) is 2.20. The number of hydrogen-bond donors (Lipinski definition) is 1. The molecule has 0 bridgehead atoms. The molecule has 110 valence electrons. The van der Waals surface area contributed by atoms with Crippen molar-refractivity contribution in [3.63, 3.8) is 0 Å². The van der Waals surface area contributed by atoms with Crippen LogP contribution in [0, 0.1) is 19.8 Å². The summed E-state index contributed by atoms with van der Waals surface area (Å²) >= 11 is 0. The molecular weight excluding hydrogens is 266 g/mol. The molecule has 0 aliphatic heterocycles. The van der Waals surface area contributed by atoms with Crippen molar-refractivity contribution in [2.45, 2.75) is 39.7 Å². The summed E-state index contributed by atoms with van der Waals surface area (Å²) < 4.78 is 1.92. The number of amides is 1. The molecule has 0 aromatic carbocycles. The van der Waals surface area contributed by atoms with E-state index in [-0.39, 0.29) is 5.91 Å². The quantitative estimate of drug-likeness (QED) is 0.936. The monoisotopic (exact) mass is 285 g/mol. The normalized spacial score (nSPS) is 15.8. The van der Waals surface area contributed by atoms with Gasteiger partial charge >= 0.3 is 0 Å². The van der Waals surface area contributed by atoms with E-state index in [1.165, 1.54) is 25.2 Å². The average Bonchev–Trinajstić information content (AvgIpc) is 3.23. The van der Waals surface area contributed by atoms with Crippen molar-refractivity contribution in [2.75, 3.05) is 5.32 Å². The second kappa shape index (κ2) is 5.27. The van der Waals surface area contributed by atoms with Gasteiger partial charge in [0.25, 0.3) is 5.91 Å². The van der Waals surface area contributed by atoms with E-state index in [1.54, 1.807) is 6.92 Å². The topological polar surface area (TPSA) is 72.7 Å². The van der Waals surface area contributed by atoms with Gasteiger partial charge in [-0.15, -0.1) is 0 Å². The fourth-order valence-corrected chi connectivity index (χ4v) is 2.40. The first-order valence-corrected chi connectivity index (χ1v) is 7.21. The van der Waals surface area contributed by atoms with Crippen LogP contribution in [0.15, 0.2) is 18.5 Å². The summed E-state index contributed by atoms with van der Waals surface area (Å²) in [6.45, 7) is 5.87. The molecule has 1 atom stereocenters. The molecule has 1 unspecified atom stereocenters. The molecule has 21 heavy (non-hydrogen) atoms. The van der Waals surface area contributed by atoms with E-state index in [9.17, 15) is 4.79 Å². The largest absolute Gasteiger partial charge is 0.307 e. The number of aromatic nitrogens is 4. The maximum atomic E-state index is 12.3. The zero-order valence-electron chi connectivity index (χ0n) is 12.5. The minimum absolute atomic E-state index is 0.209. The Morgan fingerprint density at radius 1 is 1.33 bits per heavy atom. The van der Waals surface area contributed by atoms with Gasteiger partial charge < -0.3 is 5.32 Å². The first-order valence-electron chi connectivity index (χ1n) is 7.21. The number of carbonyl (C=O) groups excluding carboxylic acids is 1. The fraction of sp³-hybridized carbons (Fsp3) is 0.467. The Hall–Kier alpha value is -2.24. The Bertz CT molecular complexity index is 657. The van der Waals surface area contributed by atoms with Gasteiger partial charge in [0.1, 0.15) is 11.6 Å². The van der Waals surface area contributed by atoms with E-state index in [1.807, 2.05) is 17.7 Å². The molecule has 1 saturated carbocycles. The van der Waals surface area contributed by atoms with Gasteiger partial charge in [-0.3, -0.25) is 4.79 Å². The molecule has 1 fully saturated rings. The summed E-state index contributed by atoms with van der Waals surface area (Å²) in [5.41, 5.74) is 1.35. The van der Waals surface area contributed by atoms with Crippen LogP contribution in [-0.4, -0.2) is 25.7 Å². The standard InChI is InChI=1S/C15H19N5O/c1-9-6-14(20(19-9)10(2)12-4-5-12)18-15(21)13-7-16-11(3)17-8-13/h6-8,10,12H,4-5H2,1-3H3,(H,18,21). The highest BCUT2D eigenvalue weighted by Gasteiger charge is 2.31. The van der Waals surface area contributed by atoms with Crippen LogP contribution in [0.2, 0.25) is 0 Å². The van der Waals surface area contributed by atoms with Gasteiger partial charge in [-0.25, -0.2) is 14.6 Å². The lowest BCUT2D eigenvalue weighted by molar-refractivity contribution is 0.102. The minimum Gasteiger partial charge on any atom is -0.307 e. The summed E-state index contributed by atoms with van der Waals surface area (Å²) in [7, 11) is 0. The Balaban J connectivity index is 1.80. The van der Waals surface area contributed by atoms with E-state index in [0.29, 0.717) is 23.3 Å². The van der Waals surface area contributed by atoms with E-state index < -0.39 is 0 Å². The summed E-state index contributed by atoms with van der Waals surface area (Å²) in [6.07, 6.45) is 5.55. The van der Waals surface area contributed by atoms with Gasteiger partial charge in [0, 0.05) is 18.5 Å². The molecule has 6 nitrogen and oxygen atoms in total. The van der Waals surface area contributed by atoms with E-state index in [2.05, 4.69) is 27.3 Å². The molecule has 1 aliphatic rings. The van der Waals surface area contributed by atoms with Crippen molar-refractivity contribution in [2.24, 2.45) is 5.92 Å². The summed E-state index contributed by atoms with van der Waals surface area (Å²) in [5.74, 6) is 1.84. The Morgan fingerprint density at radius 3 is 2.62 bits per heavy atom. The Labute approximate surface area is 123 Å². The number of rotatable bonds is 4. The van der Waals surface area contributed by atoms with Crippen LogP contribution in [0.1, 0.15) is 47.7 Å². The molecule has 1 amide bonds. The van der Waals surface area contributed by atoms with Crippen LogP contribution >= 0.6 is 0 Å². The maximum absolute atomic E-state index is 12.3. The van der Waals surface area contributed by atoms with Gasteiger partial charge in [0.05, 0.1) is 17.3 Å². The van der Waals surface area contributed by atoms with Crippen LogP contribution in [-0.2, 0) is 0 Å². The SMILES string of the molecule is Cc1cc(NC(=O)c2cnc(C)nc2)n(C(C)C2CC2)n1. The first-order chi connectivity index (χ1) is 10.0. The van der Waals surface area contributed by atoms with Gasteiger partial charge in [0.15, 0.2) is 0 Å². The Morgan fingerprint density at radius 2 is 2.00 bits per heavy atom. The lowest BCUT2D eigenvalue weighted by atomic mass is 10.2. The highest BCUT2D eigenvalue weighted by atomic mass is 16.1. The molecule has 0 spiro atoms. The van der Waals surface area contributed by atoms with Crippen molar-refractivity contribution in [3.8, 4) is 0 Å². The van der Waals surface area contributed by atoms with E-state index in [4.69, 9.17) is 0 Å². The second-order valence-electron chi connectivity index (χ2n) is 5.67. The number of nitrogens with one attached hydrogen (secondary N) is 1. The third kappa shape index (κ3) is 2.94. The molecule has 1 aliphatic carbocycles. The van der Waals surface area contributed by atoms with Gasteiger partial charge in [0.2, 0.25) is 0 Å². The van der Waals surface area contributed by atoms with Crippen molar-refractivity contribution >= 4 is 11.7 Å². The molecule has 2 aromatic heterocycles. The smallest absolute Gasteiger partial charge is 0.259 e. The number of aryl methyl sites for hydroxylation is 2. The van der Waals surface area contributed by atoms with Crippen molar-refractivity contribution < 1.29 is 4.79 Å². The van der Waals surface area contributed by atoms with Crippen LogP contribution in [0.5, 0.6) is 0 Å². The lowest BCUT2D eigenvalue weighted by Gasteiger charge is -2.15. The number of anilines is 1. The maximum Gasteiger partial charge on any atom is 0.259 e. The number of hydrogen-bond acceptors (Lipinski definition) is 4. The molecule has 0 radical (unpaired) electrons. The number of nitrogens with zero attached hydrogens (tertiary/aromatic N) is 4. The lowest BCUT2D eigenvalue weighted by Crippen LogP contribution is -2.18. The summed E-state index contributed by atoms with van der Waals surface area (Å²) in [4.78, 5) is 20.4. The first kappa shape index (κ1) is 13.7. The summed E-state index contributed by atoms with van der Waals surface area (Å²) in [5, 5.41) is 7.42. The van der Waals surface area contributed by atoms with E-state index in [0.717, 1.165) is 11.5 Å². The van der Waals surface area contributed by atoms with Gasteiger partial charge in [-0.05, 0) is 39.5 Å². The van der Waals surface area contributed by atoms with Crippen LogP contribution in [0.25, 0.3) is 0 Å². The Kier molecular flexibility index (Phi) is 3.45. The van der Waals surface area contributed by atoms with Crippen molar-refractivity contribution in [3.05, 3.63) is 35.5 Å². The van der Waals surface area contributed by atoms with Gasteiger partial charge in [-0.1, -0.05) is 0 Å². The number of carbonyl (C=O) groups is 1.